The molecule has 142 valence electrons. The number of ether oxygens (including phenoxy) is 1. The zero-order chi connectivity index (χ0) is 20.0. The van der Waals surface area contributed by atoms with E-state index in [1.807, 2.05) is 44.3 Å². The second-order valence-electron chi connectivity index (χ2n) is 6.53. The average molecular weight is 369 g/mol. The van der Waals surface area contributed by atoms with Crippen LogP contribution in [0.5, 0.6) is 0 Å². The van der Waals surface area contributed by atoms with Crippen molar-refractivity contribution >= 4 is 29.2 Å². The van der Waals surface area contributed by atoms with Crippen LogP contribution in [-0.2, 0) is 9.53 Å². The fourth-order valence-electron chi connectivity index (χ4n) is 3.10. The molecule has 0 aromatic heterocycles. The summed E-state index contributed by atoms with van der Waals surface area (Å²) in [7, 11) is 3.13. The van der Waals surface area contributed by atoms with Crippen molar-refractivity contribution in [2.45, 2.75) is 20.3 Å². The maximum atomic E-state index is 13.5. The lowest BCUT2D eigenvalue weighted by Crippen LogP contribution is -2.51. The van der Waals surface area contributed by atoms with Gasteiger partial charge >= 0.3 is 11.9 Å². The van der Waals surface area contributed by atoms with E-state index in [1.54, 1.807) is 6.07 Å². The van der Waals surface area contributed by atoms with Crippen LogP contribution in [0, 0.1) is 0 Å². The first-order valence-corrected chi connectivity index (χ1v) is 8.79. The molecule has 0 spiro atoms. The molecule has 1 atom stereocenters. The molecule has 6 heteroatoms. The minimum Gasteiger partial charge on any atom is -0.465 e. The summed E-state index contributed by atoms with van der Waals surface area (Å²) >= 11 is 0. The van der Waals surface area contributed by atoms with Gasteiger partial charge in [0, 0.05) is 12.6 Å². The first-order chi connectivity index (χ1) is 12.8. The first kappa shape index (κ1) is 20.3. The highest BCUT2D eigenvalue weighted by Gasteiger charge is 2.35. The van der Waals surface area contributed by atoms with Gasteiger partial charge in [-0.2, -0.15) is 0 Å². The number of rotatable bonds is 6. The Balaban J connectivity index is 2.57. The van der Waals surface area contributed by atoms with Crippen molar-refractivity contribution < 1.29 is 19.1 Å². The number of esters is 1. The van der Waals surface area contributed by atoms with Crippen LogP contribution in [0.2, 0.25) is 0 Å². The molecule has 0 aliphatic heterocycles. The summed E-state index contributed by atoms with van der Waals surface area (Å²) in [5.74, 6) is -1.02. The van der Waals surface area contributed by atoms with Gasteiger partial charge in [0.2, 0.25) is 5.91 Å². The van der Waals surface area contributed by atoms with E-state index in [1.165, 1.54) is 26.2 Å². The van der Waals surface area contributed by atoms with Crippen molar-refractivity contribution in [2.24, 2.45) is 0 Å². The predicted molar refractivity (Wildman–Crippen MR) is 106 cm³/mol. The van der Waals surface area contributed by atoms with Gasteiger partial charge in [0.15, 0.2) is 0 Å². The molecular weight excluding hydrogens is 344 g/mol. The highest BCUT2D eigenvalue weighted by Crippen LogP contribution is 2.26. The van der Waals surface area contributed by atoms with E-state index in [9.17, 15) is 14.4 Å². The minimum absolute atomic E-state index is 0.0570. The Hall–Kier alpha value is -2.99. The van der Waals surface area contributed by atoms with E-state index in [2.05, 4.69) is 5.32 Å². The van der Waals surface area contributed by atoms with Crippen molar-refractivity contribution in [1.29, 1.82) is 0 Å². The molecule has 0 saturated carbocycles. The van der Waals surface area contributed by atoms with Gasteiger partial charge in [-0.3, -0.25) is 4.79 Å². The number of anilines is 1. The Morgan fingerprint density at radius 1 is 1.04 bits per heavy atom. The van der Waals surface area contributed by atoms with Gasteiger partial charge in [-0.1, -0.05) is 25.1 Å². The van der Waals surface area contributed by atoms with Crippen molar-refractivity contribution in [2.75, 3.05) is 26.0 Å². The Morgan fingerprint density at radius 3 is 2.22 bits per heavy atom. The Labute approximate surface area is 159 Å². The standard InChI is InChI=1S/C21H24N2O4/c1-5-11-23(3,19-9-7-6-8-10-19)20(25)16-12-17(21(26)27-4)14-18(13-16)22-15(2)24/h6-10,12-14H,5,11H2,1-4H3/p+1. The molecule has 2 amide bonds. The number of hydrogen-bond acceptors (Lipinski definition) is 4. The third-order valence-corrected chi connectivity index (χ3v) is 4.37. The van der Waals surface area contributed by atoms with E-state index >= 15 is 0 Å². The molecule has 0 bridgehead atoms. The van der Waals surface area contributed by atoms with Gasteiger partial charge in [0.05, 0.1) is 31.8 Å². The number of benzene rings is 2. The molecule has 0 saturated heterocycles. The number of amides is 2. The number of carbonyl (C=O) groups excluding carboxylic acids is 3. The lowest BCUT2D eigenvalue weighted by atomic mass is 10.1. The second kappa shape index (κ2) is 8.60. The van der Waals surface area contributed by atoms with Crippen molar-refractivity contribution in [3.05, 3.63) is 59.7 Å². The molecule has 0 heterocycles. The smallest absolute Gasteiger partial charge is 0.350 e. The lowest BCUT2D eigenvalue weighted by Gasteiger charge is -2.31. The van der Waals surface area contributed by atoms with E-state index in [0.717, 1.165) is 12.1 Å². The van der Waals surface area contributed by atoms with Gasteiger partial charge in [0.1, 0.15) is 5.69 Å². The molecule has 27 heavy (non-hydrogen) atoms. The number of nitrogens with one attached hydrogen (secondary N) is 1. The number of quaternary nitrogens is 1. The van der Waals surface area contributed by atoms with Gasteiger partial charge in [-0.05, 0) is 36.8 Å². The molecular formula is C21H25N2O4+. The Bertz CT molecular complexity index is 849. The third-order valence-electron chi connectivity index (χ3n) is 4.37. The highest BCUT2D eigenvalue weighted by atomic mass is 16.5. The summed E-state index contributed by atoms with van der Waals surface area (Å²) in [4.78, 5) is 36.9. The molecule has 1 unspecified atom stereocenters. The fourth-order valence-corrected chi connectivity index (χ4v) is 3.10. The number of nitrogens with zero attached hydrogens (tertiary/aromatic N) is 1. The van der Waals surface area contributed by atoms with Gasteiger partial charge in [-0.15, -0.1) is 0 Å². The van der Waals surface area contributed by atoms with Crippen molar-refractivity contribution in [3.63, 3.8) is 0 Å². The van der Waals surface area contributed by atoms with Crippen LogP contribution in [0.1, 0.15) is 41.0 Å². The average Bonchev–Trinajstić information content (AvgIpc) is 2.66. The topological polar surface area (TPSA) is 72.5 Å². The van der Waals surface area contributed by atoms with Gasteiger partial charge < -0.3 is 10.1 Å². The summed E-state index contributed by atoms with van der Waals surface area (Å²) in [6.45, 7) is 3.98. The van der Waals surface area contributed by atoms with Gasteiger partial charge in [-0.25, -0.2) is 14.1 Å². The summed E-state index contributed by atoms with van der Waals surface area (Å²) in [5.41, 5.74) is 1.78. The summed E-state index contributed by atoms with van der Waals surface area (Å²) in [6.07, 6.45) is 0.798. The largest absolute Gasteiger partial charge is 0.465 e. The van der Waals surface area contributed by atoms with Crippen LogP contribution in [0.15, 0.2) is 48.5 Å². The molecule has 0 aliphatic carbocycles. The molecule has 2 aromatic carbocycles. The van der Waals surface area contributed by atoms with Crippen LogP contribution in [0.4, 0.5) is 11.4 Å². The maximum absolute atomic E-state index is 13.5. The zero-order valence-corrected chi connectivity index (χ0v) is 16.1. The normalized spacial score (nSPS) is 12.7. The highest BCUT2D eigenvalue weighted by molar-refractivity contribution is 6.05. The Kier molecular flexibility index (Phi) is 6.47. The van der Waals surface area contributed by atoms with E-state index in [4.69, 9.17) is 4.74 Å². The van der Waals surface area contributed by atoms with Crippen molar-refractivity contribution in [1.82, 2.24) is 4.48 Å². The van der Waals surface area contributed by atoms with Crippen LogP contribution in [-0.4, -0.2) is 38.5 Å². The summed E-state index contributed by atoms with van der Waals surface area (Å²) in [5, 5.41) is 2.64. The molecule has 2 rings (SSSR count). The molecule has 0 aliphatic rings. The number of carbonyl (C=O) groups is 3. The van der Waals surface area contributed by atoms with Gasteiger partial charge in [0.25, 0.3) is 0 Å². The summed E-state index contributed by atoms with van der Waals surface area (Å²) < 4.78 is 4.84. The molecule has 2 aromatic rings. The minimum atomic E-state index is -0.569. The van der Waals surface area contributed by atoms with Crippen LogP contribution >= 0.6 is 0 Å². The van der Waals surface area contributed by atoms with Crippen LogP contribution < -0.4 is 9.80 Å². The second-order valence-corrected chi connectivity index (χ2v) is 6.53. The molecule has 0 radical (unpaired) electrons. The SMILES string of the molecule is CCC[N+](C)(C(=O)c1cc(NC(C)=O)cc(C(=O)OC)c1)c1ccccc1. The zero-order valence-electron chi connectivity index (χ0n) is 16.1. The third kappa shape index (κ3) is 4.60. The van der Waals surface area contributed by atoms with E-state index in [0.29, 0.717) is 17.8 Å². The lowest BCUT2D eigenvalue weighted by molar-refractivity contribution is -0.114. The number of hydrogen-bond donors (Lipinski definition) is 1. The number of methoxy groups -OCH3 is 1. The van der Waals surface area contributed by atoms with E-state index in [-0.39, 0.29) is 21.9 Å². The molecule has 0 fully saturated rings. The first-order valence-electron chi connectivity index (χ1n) is 8.79. The Morgan fingerprint density at radius 2 is 1.67 bits per heavy atom. The monoisotopic (exact) mass is 369 g/mol. The molecule has 6 nitrogen and oxygen atoms in total. The van der Waals surface area contributed by atoms with Crippen LogP contribution in [0.3, 0.4) is 0 Å². The quantitative estimate of drug-likeness (QED) is 0.623. The fraction of sp³-hybridized carbons (Fsp3) is 0.286. The van der Waals surface area contributed by atoms with Crippen LogP contribution in [0.25, 0.3) is 0 Å². The number of para-hydroxylation sites is 1. The van der Waals surface area contributed by atoms with Crippen molar-refractivity contribution in [3.8, 4) is 0 Å². The van der Waals surface area contributed by atoms with E-state index < -0.39 is 5.97 Å². The molecule has 1 N–H and O–H groups in total. The predicted octanol–water partition coefficient (Wildman–Crippen LogP) is 3.62. The maximum Gasteiger partial charge on any atom is 0.350 e. The summed E-state index contributed by atoms with van der Waals surface area (Å²) in [6, 6.07) is 14.1.